The van der Waals surface area contributed by atoms with Crippen molar-refractivity contribution in [2.75, 3.05) is 0 Å². The van der Waals surface area contributed by atoms with E-state index >= 15 is 0 Å². The first-order chi connectivity index (χ1) is 5.45. The molecule has 70 valence electrons. The third-order valence-corrected chi connectivity index (χ3v) is 1.03. The van der Waals surface area contributed by atoms with Gasteiger partial charge in [0.2, 0.25) is 0 Å². The van der Waals surface area contributed by atoms with Gasteiger partial charge in [0.25, 0.3) is 11.8 Å². The Hall–Kier alpha value is -1.11. The number of amides is 2. The van der Waals surface area contributed by atoms with Crippen molar-refractivity contribution in [3.05, 3.63) is 0 Å². The molecule has 1 rings (SSSR count). The Morgan fingerprint density at radius 2 is 1.42 bits per heavy atom. The normalized spacial score (nSPS) is 16.6. The molecule has 1 saturated heterocycles. The van der Waals surface area contributed by atoms with E-state index in [0.717, 1.165) is 0 Å². The summed E-state index contributed by atoms with van der Waals surface area (Å²) in [6, 6.07) is 0. The Morgan fingerprint density at radius 1 is 1.17 bits per heavy atom. The van der Waals surface area contributed by atoms with E-state index in [4.69, 9.17) is 5.21 Å². The lowest BCUT2D eigenvalue weighted by molar-refractivity contribution is -0.171. The van der Waals surface area contributed by atoms with Gasteiger partial charge in [0.1, 0.15) is 0 Å². The Morgan fingerprint density at radius 3 is 1.50 bits per heavy atom. The highest BCUT2D eigenvalue weighted by Crippen LogP contribution is 2.06. The van der Waals surface area contributed by atoms with Crippen LogP contribution >= 0.6 is 0 Å². The van der Waals surface area contributed by atoms with Gasteiger partial charge in [0.15, 0.2) is 0 Å². The summed E-state index contributed by atoms with van der Waals surface area (Å²) in [6.07, 6.45) is 0.296. The minimum atomic E-state index is -3.67. The number of carbonyl (C=O) groups excluding carboxylic acids is 2. The topological polar surface area (TPSA) is 57.6 Å². The number of carbonyl (C=O) groups is 2. The van der Waals surface area contributed by atoms with Gasteiger partial charge in [-0.1, -0.05) is 0 Å². The molecule has 4 nitrogen and oxygen atoms in total. The molecule has 0 aromatic heterocycles. The van der Waals surface area contributed by atoms with Crippen LogP contribution in [0, 0.1) is 0 Å². The summed E-state index contributed by atoms with van der Waals surface area (Å²) in [7, 11) is 0. The molecule has 12 heavy (non-hydrogen) atoms. The predicted molar refractivity (Wildman–Crippen MR) is 30.0 cm³/mol. The fraction of sp³-hybridized carbons (Fsp3) is 0.600. The lowest BCUT2D eigenvalue weighted by atomic mass is 10.4. The van der Waals surface area contributed by atoms with Crippen LogP contribution in [0.1, 0.15) is 12.8 Å². The van der Waals surface area contributed by atoms with Crippen LogP contribution < -0.4 is 0 Å². The van der Waals surface area contributed by atoms with Gasteiger partial charge < -0.3 is 0 Å². The molecule has 1 aliphatic rings. The van der Waals surface area contributed by atoms with E-state index in [2.05, 4.69) is 0 Å². The van der Waals surface area contributed by atoms with Crippen LogP contribution in [0.3, 0.4) is 0 Å². The van der Waals surface area contributed by atoms with Gasteiger partial charge in [-0.3, -0.25) is 14.8 Å². The standard InChI is InChI=1S/C4H5NO3.CHF3/c6-3-1-2-4(7)5(3)8;2-1(3)4/h8H,1-2H2;1H. The summed E-state index contributed by atoms with van der Waals surface area (Å²) in [5.41, 5.74) is 0. The first kappa shape index (κ1) is 10.9. The van der Waals surface area contributed by atoms with Crippen molar-refractivity contribution in [2.45, 2.75) is 19.5 Å². The van der Waals surface area contributed by atoms with Crippen molar-refractivity contribution < 1.29 is 28.0 Å². The van der Waals surface area contributed by atoms with E-state index in [1.54, 1.807) is 0 Å². The second kappa shape index (κ2) is 4.70. The molecule has 0 aromatic carbocycles. The third-order valence-electron chi connectivity index (χ3n) is 1.03. The first-order valence-electron chi connectivity index (χ1n) is 2.92. The number of hydrogen-bond acceptors (Lipinski definition) is 3. The van der Waals surface area contributed by atoms with Crippen molar-refractivity contribution in [3.8, 4) is 0 Å². The van der Waals surface area contributed by atoms with Crippen LogP contribution in [0.5, 0.6) is 0 Å². The molecule has 0 bridgehead atoms. The Labute approximate surface area is 65.5 Å². The highest BCUT2D eigenvalue weighted by molar-refractivity contribution is 6.00. The van der Waals surface area contributed by atoms with E-state index in [9.17, 15) is 22.8 Å². The Kier molecular flexibility index (Phi) is 4.27. The first-order valence-corrected chi connectivity index (χ1v) is 2.92. The summed E-state index contributed by atoms with van der Waals surface area (Å²) in [4.78, 5) is 20.5. The van der Waals surface area contributed by atoms with Crippen molar-refractivity contribution in [3.63, 3.8) is 0 Å². The molecule has 0 atom stereocenters. The molecule has 0 aromatic rings. The average Bonchev–Trinajstić information content (AvgIpc) is 2.19. The molecule has 0 radical (unpaired) electrons. The van der Waals surface area contributed by atoms with E-state index in [0.29, 0.717) is 0 Å². The van der Waals surface area contributed by atoms with Crippen molar-refractivity contribution in [1.29, 1.82) is 0 Å². The maximum Gasteiger partial charge on any atom is 0.379 e. The number of nitrogens with zero attached hydrogens (tertiary/aromatic N) is 1. The van der Waals surface area contributed by atoms with E-state index in [1.165, 1.54) is 0 Å². The number of alkyl halides is 3. The highest BCUT2D eigenvalue weighted by atomic mass is 19.4. The smallest absolute Gasteiger partial charge is 0.279 e. The second-order valence-corrected chi connectivity index (χ2v) is 1.85. The molecular formula is C5H6F3NO3. The quantitative estimate of drug-likeness (QED) is 0.446. The molecule has 0 unspecified atom stereocenters. The number of hydroxylamine groups is 2. The zero-order valence-electron chi connectivity index (χ0n) is 5.84. The maximum absolute atomic E-state index is 10.2. The lowest BCUT2D eigenvalue weighted by Crippen LogP contribution is -2.24. The minimum Gasteiger partial charge on any atom is -0.279 e. The molecule has 0 aliphatic carbocycles. The van der Waals surface area contributed by atoms with Crippen molar-refractivity contribution >= 4 is 11.8 Å². The third kappa shape index (κ3) is 3.91. The highest BCUT2D eigenvalue weighted by Gasteiger charge is 2.26. The number of halogens is 3. The SMILES string of the molecule is FC(F)F.O=C1CCC(=O)N1O. The van der Waals surface area contributed by atoms with Crippen LogP contribution in [0.4, 0.5) is 13.2 Å². The summed E-state index contributed by atoms with van der Waals surface area (Å²) < 4.78 is 29.0. The van der Waals surface area contributed by atoms with Crippen molar-refractivity contribution in [1.82, 2.24) is 5.06 Å². The summed E-state index contributed by atoms with van der Waals surface area (Å²) in [5, 5.41) is 8.57. The van der Waals surface area contributed by atoms with Gasteiger partial charge in [-0.2, -0.15) is 18.2 Å². The van der Waals surface area contributed by atoms with Gasteiger partial charge in [0, 0.05) is 12.8 Å². The molecule has 7 heteroatoms. The summed E-state index contributed by atoms with van der Waals surface area (Å²) in [5.74, 6) is -1.01. The molecular weight excluding hydrogens is 179 g/mol. The molecule has 1 N–H and O–H groups in total. The van der Waals surface area contributed by atoms with E-state index < -0.39 is 18.5 Å². The van der Waals surface area contributed by atoms with Crippen LogP contribution in [0.15, 0.2) is 0 Å². The zero-order chi connectivity index (χ0) is 9.72. The molecule has 1 aliphatic heterocycles. The lowest BCUT2D eigenvalue weighted by Gasteiger charge is -1.98. The van der Waals surface area contributed by atoms with Gasteiger partial charge in [0.05, 0.1) is 0 Å². The summed E-state index contributed by atoms with van der Waals surface area (Å²) >= 11 is 0. The molecule has 1 fully saturated rings. The fourth-order valence-corrected chi connectivity index (χ4v) is 0.565. The predicted octanol–water partition coefficient (Wildman–Crippen LogP) is 0.703. The van der Waals surface area contributed by atoms with E-state index in [1.807, 2.05) is 0 Å². The largest absolute Gasteiger partial charge is 0.379 e. The number of imide groups is 1. The number of rotatable bonds is 0. The van der Waals surface area contributed by atoms with Crippen LogP contribution in [0.25, 0.3) is 0 Å². The molecule has 0 saturated carbocycles. The Bertz CT molecular complexity index is 166. The molecule has 2 amide bonds. The monoisotopic (exact) mass is 185 g/mol. The average molecular weight is 185 g/mol. The maximum atomic E-state index is 10.2. The molecule has 1 heterocycles. The molecule has 0 spiro atoms. The fourth-order valence-electron chi connectivity index (χ4n) is 0.565. The summed E-state index contributed by atoms with van der Waals surface area (Å²) in [6.45, 7) is -3.67. The van der Waals surface area contributed by atoms with Gasteiger partial charge in [-0.15, -0.1) is 0 Å². The second-order valence-electron chi connectivity index (χ2n) is 1.85. The number of hydrogen-bond donors (Lipinski definition) is 1. The van der Waals surface area contributed by atoms with Gasteiger partial charge in [-0.25, -0.2) is 0 Å². The zero-order valence-corrected chi connectivity index (χ0v) is 5.84. The van der Waals surface area contributed by atoms with Gasteiger partial charge >= 0.3 is 6.68 Å². The van der Waals surface area contributed by atoms with Crippen LogP contribution in [0.2, 0.25) is 0 Å². The van der Waals surface area contributed by atoms with E-state index in [-0.39, 0.29) is 17.9 Å². The van der Waals surface area contributed by atoms with Gasteiger partial charge in [-0.05, 0) is 0 Å². The Balaban J connectivity index is 0.000000261. The minimum absolute atomic E-state index is 0.148. The van der Waals surface area contributed by atoms with Crippen molar-refractivity contribution in [2.24, 2.45) is 0 Å². The van der Waals surface area contributed by atoms with Crippen LogP contribution in [-0.2, 0) is 9.59 Å². The van der Waals surface area contributed by atoms with Crippen LogP contribution in [-0.4, -0.2) is 28.8 Å².